The molecule has 1 aliphatic carbocycles. The number of nitrogens with one attached hydrogen (secondary N) is 2. The van der Waals surface area contributed by atoms with Crippen LogP contribution in [0.1, 0.15) is 66.1 Å². The van der Waals surface area contributed by atoms with E-state index in [4.69, 9.17) is 0 Å². The van der Waals surface area contributed by atoms with Gasteiger partial charge in [-0.05, 0) is 41.7 Å². The Morgan fingerprint density at radius 1 is 1.20 bits per heavy atom. The van der Waals surface area contributed by atoms with Gasteiger partial charge < -0.3 is 10.6 Å². The summed E-state index contributed by atoms with van der Waals surface area (Å²) in [4.78, 5) is 14.2. The normalized spacial score (nSPS) is 22.6. The Labute approximate surface area is 153 Å². The Bertz CT molecular complexity index is 794. The summed E-state index contributed by atoms with van der Waals surface area (Å²) in [6.45, 7) is 7.05. The van der Waals surface area contributed by atoms with Gasteiger partial charge in [0.25, 0.3) is 5.91 Å². The van der Waals surface area contributed by atoms with E-state index >= 15 is 0 Å². The van der Waals surface area contributed by atoms with E-state index in [1.807, 2.05) is 18.2 Å². The number of thiophene rings is 1. The van der Waals surface area contributed by atoms with Crippen LogP contribution in [-0.2, 0) is 12.8 Å². The molecule has 25 heavy (non-hydrogen) atoms. The second kappa shape index (κ2) is 6.17. The van der Waals surface area contributed by atoms with Crippen LogP contribution in [0, 0.1) is 11.3 Å². The molecule has 2 aliphatic rings. The first-order valence-electron chi connectivity index (χ1n) is 9.26. The van der Waals surface area contributed by atoms with Crippen molar-refractivity contribution >= 4 is 22.2 Å². The molecule has 1 aliphatic heterocycles. The van der Waals surface area contributed by atoms with Gasteiger partial charge in [-0.15, -0.1) is 11.3 Å². The van der Waals surface area contributed by atoms with E-state index in [-0.39, 0.29) is 12.1 Å². The van der Waals surface area contributed by atoms with Crippen LogP contribution in [0.5, 0.6) is 0 Å². The topological polar surface area (TPSA) is 41.1 Å². The van der Waals surface area contributed by atoms with E-state index in [2.05, 4.69) is 43.5 Å². The quantitative estimate of drug-likeness (QED) is 0.801. The lowest BCUT2D eigenvalue weighted by Crippen LogP contribution is -2.38. The van der Waals surface area contributed by atoms with Crippen LogP contribution in [0.15, 0.2) is 30.3 Å². The van der Waals surface area contributed by atoms with E-state index in [0.29, 0.717) is 11.3 Å². The van der Waals surface area contributed by atoms with Gasteiger partial charge in [0.2, 0.25) is 0 Å². The van der Waals surface area contributed by atoms with Crippen LogP contribution in [0.25, 0.3) is 0 Å². The fraction of sp³-hybridized carbons (Fsp3) is 0.476. The van der Waals surface area contributed by atoms with Crippen LogP contribution in [0.4, 0.5) is 5.00 Å². The molecule has 0 saturated carbocycles. The van der Waals surface area contributed by atoms with Gasteiger partial charge in [0.15, 0.2) is 0 Å². The summed E-state index contributed by atoms with van der Waals surface area (Å²) in [7, 11) is 0. The standard InChI is InChI=1S/C21H26N2OS/c1-4-21(2,3)14-10-11-15-16(12-14)25-20-17(15)19(24)22-18(23-20)13-8-6-5-7-9-13/h5-9,14,18,23H,4,10-12H2,1-3H3,(H,22,24)/t14-,18-/m0/s1. The maximum Gasteiger partial charge on any atom is 0.256 e. The van der Waals surface area contributed by atoms with Crippen molar-refractivity contribution in [3.05, 3.63) is 51.9 Å². The predicted molar refractivity (Wildman–Crippen MR) is 104 cm³/mol. The lowest BCUT2D eigenvalue weighted by molar-refractivity contribution is 0.0934. The highest BCUT2D eigenvalue weighted by Gasteiger charge is 2.37. The molecule has 0 spiro atoms. The van der Waals surface area contributed by atoms with Crippen molar-refractivity contribution < 1.29 is 4.79 Å². The van der Waals surface area contributed by atoms with Gasteiger partial charge in [-0.25, -0.2) is 0 Å². The number of rotatable bonds is 3. The van der Waals surface area contributed by atoms with Crippen LogP contribution in [-0.4, -0.2) is 5.91 Å². The monoisotopic (exact) mass is 354 g/mol. The predicted octanol–water partition coefficient (Wildman–Crippen LogP) is 5.14. The summed E-state index contributed by atoms with van der Waals surface area (Å²) in [5.74, 6) is 0.784. The van der Waals surface area contributed by atoms with Gasteiger partial charge in [0.1, 0.15) is 11.2 Å². The maximum atomic E-state index is 12.8. The highest BCUT2D eigenvalue weighted by Crippen LogP contribution is 2.46. The Morgan fingerprint density at radius 2 is 1.96 bits per heavy atom. The van der Waals surface area contributed by atoms with E-state index in [0.717, 1.165) is 29.0 Å². The number of fused-ring (bicyclic) bond motifs is 3. The molecule has 0 saturated heterocycles. The van der Waals surface area contributed by atoms with Crippen LogP contribution in [0.2, 0.25) is 0 Å². The Balaban J connectivity index is 1.64. The van der Waals surface area contributed by atoms with Crippen molar-refractivity contribution in [2.75, 3.05) is 5.32 Å². The highest BCUT2D eigenvalue weighted by molar-refractivity contribution is 7.16. The number of amides is 1. The molecule has 132 valence electrons. The summed E-state index contributed by atoms with van der Waals surface area (Å²) in [6.07, 6.45) is 4.39. The van der Waals surface area contributed by atoms with Gasteiger partial charge >= 0.3 is 0 Å². The minimum absolute atomic E-state index is 0.0771. The number of hydrogen-bond acceptors (Lipinski definition) is 3. The molecule has 1 amide bonds. The zero-order valence-electron chi connectivity index (χ0n) is 15.2. The molecule has 2 heterocycles. The average molecular weight is 355 g/mol. The van der Waals surface area contributed by atoms with E-state index in [1.54, 1.807) is 11.3 Å². The first-order chi connectivity index (χ1) is 12.0. The van der Waals surface area contributed by atoms with E-state index in [9.17, 15) is 4.79 Å². The Kier molecular flexibility index (Phi) is 4.11. The van der Waals surface area contributed by atoms with Crippen molar-refractivity contribution in [3.63, 3.8) is 0 Å². The van der Waals surface area contributed by atoms with Crippen LogP contribution < -0.4 is 10.6 Å². The SMILES string of the molecule is CCC(C)(C)[C@H]1CCc2c(sc3c2C(=O)N[C@H](c2ccccc2)N3)C1. The molecular formula is C21H26N2OS. The number of carbonyl (C=O) groups is 1. The van der Waals surface area contributed by atoms with Crippen molar-refractivity contribution in [2.24, 2.45) is 11.3 Å². The smallest absolute Gasteiger partial charge is 0.256 e. The van der Waals surface area contributed by atoms with Crippen LogP contribution in [0.3, 0.4) is 0 Å². The van der Waals surface area contributed by atoms with Crippen molar-refractivity contribution in [2.45, 2.75) is 52.6 Å². The Hall–Kier alpha value is -1.81. The zero-order valence-corrected chi connectivity index (χ0v) is 16.0. The molecule has 0 unspecified atom stereocenters. The average Bonchev–Trinajstić information content (AvgIpc) is 3.00. The maximum absolute atomic E-state index is 12.8. The molecule has 2 aromatic rings. The fourth-order valence-electron chi connectivity index (χ4n) is 4.07. The molecule has 0 bridgehead atoms. The minimum atomic E-state index is -0.135. The third-order valence-corrected chi connectivity index (χ3v) is 7.38. The van der Waals surface area contributed by atoms with Gasteiger partial charge in [-0.1, -0.05) is 57.5 Å². The highest BCUT2D eigenvalue weighted by atomic mass is 32.1. The molecule has 0 radical (unpaired) electrons. The molecule has 4 heteroatoms. The summed E-state index contributed by atoms with van der Waals surface area (Å²) >= 11 is 1.80. The molecule has 1 aromatic carbocycles. The molecule has 2 atom stereocenters. The summed E-state index contributed by atoms with van der Waals surface area (Å²) < 4.78 is 0. The van der Waals surface area contributed by atoms with Gasteiger partial charge in [0.05, 0.1) is 5.56 Å². The molecule has 1 aromatic heterocycles. The second-order valence-corrected chi connectivity index (χ2v) is 9.06. The number of carbonyl (C=O) groups excluding carboxylic acids is 1. The molecular weight excluding hydrogens is 328 g/mol. The number of benzene rings is 1. The first-order valence-corrected chi connectivity index (χ1v) is 10.1. The Morgan fingerprint density at radius 3 is 2.68 bits per heavy atom. The van der Waals surface area contributed by atoms with Crippen molar-refractivity contribution in [3.8, 4) is 0 Å². The molecule has 4 rings (SSSR count). The fourth-order valence-corrected chi connectivity index (χ4v) is 5.42. The van der Waals surface area contributed by atoms with Gasteiger partial charge in [-0.2, -0.15) is 0 Å². The molecule has 0 fully saturated rings. The minimum Gasteiger partial charge on any atom is -0.353 e. The molecule has 3 nitrogen and oxygen atoms in total. The van der Waals surface area contributed by atoms with Crippen molar-refractivity contribution in [1.29, 1.82) is 0 Å². The van der Waals surface area contributed by atoms with Gasteiger partial charge in [0, 0.05) is 4.88 Å². The van der Waals surface area contributed by atoms with E-state index in [1.165, 1.54) is 23.3 Å². The van der Waals surface area contributed by atoms with Gasteiger partial charge in [-0.3, -0.25) is 4.79 Å². The lowest BCUT2D eigenvalue weighted by Gasteiger charge is -2.36. The number of hydrogen-bond donors (Lipinski definition) is 2. The first kappa shape index (κ1) is 16.6. The van der Waals surface area contributed by atoms with Crippen molar-refractivity contribution in [1.82, 2.24) is 5.32 Å². The van der Waals surface area contributed by atoms with Crippen LogP contribution >= 0.6 is 11.3 Å². The molecule has 2 N–H and O–H groups in total. The largest absolute Gasteiger partial charge is 0.353 e. The third-order valence-electron chi connectivity index (χ3n) is 6.19. The third kappa shape index (κ3) is 2.86. The second-order valence-electron chi connectivity index (χ2n) is 7.95. The van der Waals surface area contributed by atoms with E-state index < -0.39 is 0 Å². The summed E-state index contributed by atoms with van der Waals surface area (Å²) in [5.41, 5.74) is 3.65. The number of anilines is 1. The zero-order chi connectivity index (χ0) is 17.6. The summed E-state index contributed by atoms with van der Waals surface area (Å²) in [6, 6.07) is 10.1. The summed E-state index contributed by atoms with van der Waals surface area (Å²) in [5, 5.41) is 7.74. The lowest BCUT2D eigenvalue weighted by atomic mass is 9.69.